The van der Waals surface area contributed by atoms with Crippen molar-refractivity contribution in [3.8, 4) is 0 Å². The van der Waals surface area contributed by atoms with Gasteiger partial charge in [0.15, 0.2) is 5.78 Å². The number of nitrogens with one attached hydrogen (secondary N) is 2. The highest BCUT2D eigenvalue weighted by Gasteiger charge is 2.41. The van der Waals surface area contributed by atoms with Crippen LogP contribution in [0, 0.1) is 0 Å². The molecule has 168 valence electrons. The Hall–Kier alpha value is -2.00. The summed E-state index contributed by atoms with van der Waals surface area (Å²) in [6.45, 7) is 0. The van der Waals surface area contributed by atoms with Gasteiger partial charge in [0.1, 0.15) is 5.65 Å². The second-order valence-electron chi connectivity index (χ2n) is 9.63. The number of fused-ring (bicyclic) bond motifs is 4. The van der Waals surface area contributed by atoms with E-state index in [1.54, 1.807) is 0 Å². The molecule has 0 radical (unpaired) electrons. The van der Waals surface area contributed by atoms with Gasteiger partial charge in [-0.25, -0.2) is 18.1 Å². The summed E-state index contributed by atoms with van der Waals surface area (Å²) >= 11 is 0. The Morgan fingerprint density at radius 2 is 1.77 bits per heavy atom. The minimum Gasteiger partial charge on any atom is -0.351 e. The molecule has 3 heterocycles. The maximum absolute atomic E-state index is 12.7. The fraction of sp³-hybridized carbons (Fsp3) is 0.682. The van der Waals surface area contributed by atoms with Gasteiger partial charge in [-0.2, -0.15) is 4.98 Å². The SMILES string of the molecule is CS(=O)(=O)NC1CCC(Nc2ncc3cc4n(c3n2)C2(CCCCC2)CCC4=O)CC1. The summed E-state index contributed by atoms with van der Waals surface area (Å²) in [7, 11) is -3.17. The molecule has 2 aromatic rings. The van der Waals surface area contributed by atoms with E-state index in [1.807, 2.05) is 12.3 Å². The Morgan fingerprint density at radius 3 is 2.48 bits per heavy atom. The highest BCUT2D eigenvalue weighted by atomic mass is 32.2. The van der Waals surface area contributed by atoms with Gasteiger partial charge in [0, 0.05) is 35.6 Å². The van der Waals surface area contributed by atoms with E-state index in [9.17, 15) is 13.2 Å². The lowest BCUT2D eigenvalue weighted by atomic mass is 9.75. The van der Waals surface area contributed by atoms with Crippen LogP contribution in [0.3, 0.4) is 0 Å². The number of carbonyl (C=O) groups excluding carboxylic acids is 1. The number of anilines is 1. The van der Waals surface area contributed by atoms with E-state index < -0.39 is 10.0 Å². The smallest absolute Gasteiger partial charge is 0.224 e. The summed E-state index contributed by atoms with van der Waals surface area (Å²) in [5.41, 5.74) is 1.68. The van der Waals surface area contributed by atoms with Crippen LogP contribution in [0.5, 0.6) is 0 Å². The van der Waals surface area contributed by atoms with Crippen molar-refractivity contribution in [1.82, 2.24) is 19.3 Å². The van der Waals surface area contributed by atoms with Crippen molar-refractivity contribution in [2.75, 3.05) is 11.6 Å². The average molecular weight is 446 g/mol. The topological polar surface area (TPSA) is 106 Å². The molecular formula is C22H31N5O3S. The number of Topliss-reactive ketones (excluding diaryl/α,β-unsaturated/α-hetero) is 1. The van der Waals surface area contributed by atoms with E-state index in [2.05, 4.69) is 19.6 Å². The van der Waals surface area contributed by atoms with Gasteiger partial charge in [-0.05, 0) is 51.0 Å². The molecule has 1 spiro atoms. The molecule has 2 N–H and O–H groups in total. The number of nitrogens with zero attached hydrogens (tertiary/aromatic N) is 3. The van der Waals surface area contributed by atoms with Gasteiger partial charge in [0.25, 0.3) is 0 Å². The summed E-state index contributed by atoms with van der Waals surface area (Å²) in [5.74, 6) is 0.803. The molecule has 3 aliphatic rings. The van der Waals surface area contributed by atoms with Crippen LogP contribution in [0.4, 0.5) is 5.95 Å². The van der Waals surface area contributed by atoms with Crippen molar-refractivity contribution in [3.63, 3.8) is 0 Å². The molecule has 5 rings (SSSR count). The number of aromatic nitrogens is 3. The first kappa shape index (κ1) is 20.9. The number of ketones is 1. The molecule has 0 bridgehead atoms. The highest BCUT2D eigenvalue weighted by molar-refractivity contribution is 7.88. The predicted octanol–water partition coefficient (Wildman–Crippen LogP) is 3.34. The molecule has 0 saturated heterocycles. The summed E-state index contributed by atoms with van der Waals surface area (Å²) in [5, 5.41) is 4.39. The first-order valence-corrected chi connectivity index (χ1v) is 13.4. The number of hydrogen-bond donors (Lipinski definition) is 2. The van der Waals surface area contributed by atoms with Crippen LogP contribution in [0.2, 0.25) is 0 Å². The lowest BCUT2D eigenvalue weighted by Gasteiger charge is -2.42. The van der Waals surface area contributed by atoms with Crippen LogP contribution in [-0.4, -0.2) is 47.1 Å². The monoisotopic (exact) mass is 445 g/mol. The lowest BCUT2D eigenvalue weighted by molar-refractivity contribution is 0.0852. The summed E-state index contributed by atoms with van der Waals surface area (Å²) in [6.07, 6.45) is 13.8. The fourth-order valence-corrected chi connectivity index (χ4v) is 6.70. The number of carbonyl (C=O) groups is 1. The molecule has 0 amide bonds. The summed E-state index contributed by atoms with van der Waals surface area (Å²) in [6, 6.07) is 2.20. The van der Waals surface area contributed by atoms with Crippen LogP contribution in [-0.2, 0) is 15.6 Å². The normalized spacial score (nSPS) is 26.2. The van der Waals surface area contributed by atoms with Crippen molar-refractivity contribution in [3.05, 3.63) is 18.0 Å². The van der Waals surface area contributed by atoms with Crippen molar-refractivity contribution < 1.29 is 13.2 Å². The summed E-state index contributed by atoms with van der Waals surface area (Å²) in [4.78, 5) is 22.1. The quantitative estimate of drug-likeness (QED) is 0.748. The third kappa shape index (κ3) is 4.09. The Balaban J connectivity index is 1.39. The summed E-state index contributed by atoms with van der Waals surface area (Å²) < 4.78 is 27.9. The average Bonchev–Trinajstić information content (AvgIpc) is 3.13. The Labute approximate surface area is 183 Å². The predicted molar refractivity (Wildman–Crippen MR) is 120 cm³/mol. The molecule has 0 atom stereocenters. The zero-order valence-corrected chi connectivity index (χ0v) is 18.9. The van der Waals surface area contributed by atoms with Crippen LogP contribution >= 0.6 is 0 Å². The minimum absolute atomic E-state index is 0.00580. The van der Waals surface area contributed by atoms with Crippen molar-refractivity contribution in [2.45, 2.75) is 88.3 Å². The lowest BCUT2D eigenvalue weighted by Crippen LogP contribution is -2.41. The second kappa shape index (κ2) is 7.85. The van der Waals surface area contributed by atoms with E-state index in [4.69, 9.17) is 4.98 Å². The van der Waals surface area contributed by atoms with Crippen molar-refractivity contribution >= 4 is 32.8 Å². The third-order valence-corrected chi connectivity index (χ3v) is 8.11. The van der Waals surface area contributed by atoms with E-state index in [1.165, 1.54) is 25.5 Å². The van der Waals surface area contributed by atoms with Crippen molar-refractivity contribution in [2.24, 2.45) is 0 Å². The van der Waals surface area contributed by atoms with Gasteiger partial charge in [0.05, 0.1) is 11.9 Å². The van der Waals surface area contributed by atoms with Gasteiger partial charge in [-0.15, -0.1) is 0 Å². The molecule has 1 aliphatic heterocycles. The molecule has 2 aliphatic carbocycles. The van der Waals surface area contributed by atoms with Gasteiger partial charge < -0.3 is 9.88 Å². The first-order chi connectivity index (χ1) is 14.8. The second-order valence-corrected chi connectivity index (χ2v) is 11.4. The van der Waals surface area contributed by atoms with Crippen LogP contribution < -0.4 is 10.0 Å². The molecule has 0 aromatic carbocycles. The first-order valence-electron chi connectivity index (χ1n) is 11.5. The highest BCUT2D eigenvalue weighted by Crippen LogP contribution is 2.45. The molecule has 31 heavy (non-hydrogen) atoms. The maximum atomic E-state index is 12.7. The number of rotatable bonds is 4. The van der Waals surface area contributed by atoms with Crippen molar-refractivity contribution in [1.29, 1.82) is 0 Å². The van der Waals surface area contributed by atoms with Crippen LogP contribution in [0.25, 0.3) is 11.0 Å². The molecule has 8 nitrogen and oxygen atoms in total. The van der Waals surface area contributed by atoms with Gasteiger partial charge in [-0.3, -0.25) is 4.79 Å². The van der Waals surface area contributed by atoms with E-state index in [0.717, 1.165) is 61.7 Å². The molecular weight excluding hydrogens is 414 g/mol. The standard InChI is InChI=1S/C22H31N5O3S/c1-31(29,30)26-17-7-5-16(6-8-17)24-21-23-14-15-13-18-19(28)9-12-22(10-3-2-4-11-22)27(18)20(15)25-21/h13-14,16-17,26H,2-12H2,1H3,(H,23,24,25). The zero-order valence-electron chi connectivity index (χ0n) is 18.1. The minimum atomic E-state index is -3.17. The molecule has 9 heteroatoms. The maximum Gasteiger partial charge on any atom is 0.224 e. The Kier molecular flexibility index (Phi) is 5.29. The molecule has 2 aromatic heterocycles. The van der Waals surface area contributed by atoms with Crippen LogP contribution in [0.15, 0.2) is 12.3 Å². The largest absolute Gasteiger partial charge is 0.351 e. The number of hydrogen-bond acceptors (Lipinski definition) is 6. The van der Waals surface area contributed by atoms with E-state index >= 15 is 0 Å². The Bertz CT molecular complexity index is 1100. The van der Waals surface area contributed by atoms with Gasteiger partial charge >= 0.3 is 0 Å². The molecule has 0 unspecified atom stereocenters. The van der Waals surface area contributed by atoms with E-state index in [-0.39, 0.29) is 23.4 Å². The molecule has 2 fully saturated rings. The van der Waals surface area contributed by atoms with Gasteiger partial charge in [-0.1, -0.05) is 19.3 Å². The van der Waals surface area contributed by atoms with E-state index in [0.29, 0.717) is 12.4 Å². The fourth-order valence-electron chi connectivity index (χ4n) is 5.85. The number of sulfonamides is 1. The van der Waals surface area contributed by atoms with Gasteiger partial charge in [0.2, 0.25) is 16.0 Å². The third-order valence-electron chi connectivity index (χ3n) is 7.34. The van der Waals surface area contributed by atoms with Crippen LogP contribution in [0.1, 0.15) is 81.1 Å². The molecule has 2 saturated carbocycles. The Morgan fingerprint density at radius 1 is 1.06 bits per heavy atom. The zero-order chi connectivity index (χ0) is 21.6.